The Kier molecular flexibility index (Phi) is 8.18. The lowest BCUT2D eigenvalue weighted by Gasteiger charge is -2.30. The van der Waals surface area contributed by atoms with Gasteiger partial charge in [-0.15, -0.1) is 0 Å². The van der Waals surface area contributed by atoms with Gasteiger partial charge in [0.25, 0.3) is 0 Å². The molecule has 0 aromatic carbocycles. The summed E-state index contributed by atoms with van der Waals surface area (Å²) in [6.07, 6.45) is 1.59. The van der Waals surface area contributed by atoms with E-state index in [9.17, 15) is 14.7 Å². The molecule has 0 aliphatic carbocycles. The maximum Gasteiger partial charge on any atom is 0.333 e. The molecule has 0 bridgehead atoms. The Morgan fingerprint density at radius 3 is 1.68 bits per heavy atom. The second-order valence-electron chi connectivity index (χ2n) is 5.95. The minimum Gasteiger partial charge on any atom is -0.479 e. The Labute approximate surface area is 129 Å². The number of hydrogen-bond donors (Lipinski definition) is 4. The van der Waals surface area contributed by atoms with E-state index in [1.54, 1.807) is 0 Å². The summed E-state index contributed by atoms with van der Waals surface area (Å²) in [6, 6.07) is 0. The van der Waals surface area contributed by atoms with Crippen LogP contribution in [0.4, 0.5) is 0 Å². The van der Waals surface area contributed by atoms with Gasteiger partial charge in [-0.05, 0) is 52.4 Å². The monoisotopic (exact) mass is 318 g/mol. The number of carbonyl (C=O) groups is 2. The first-order chi connectivity index (χ1) is 10.1. The van der Waals surface area contributed by atoms with E-state index < -0.39 is 28.9 Å². The van der Waals surface area contributed by atoms with Crippen LogP contribution in [0.5, 0.6) is 0 Å². The van der Waals surface area contributed by atoms with E-state index in [4.69, 9.17) is 15.3 Å². The van der Waals surface area contributed by atoms with Crippen LogP contribution in [0.3, 0.4) is 0 Å². The Bertz CT molecular complexity index is 402. The third-order valence-corrected chi connectivity index (χ3v) is 3.68. The molecule has 0 aliphatic rings. The van der Waals surface area contributed by atoms with E-state index in [-0.39, 0.29) is 13.2 Å². The van der Waals surface area contributed by atoms with Crippen molar-refractivity contribution >= 4 is 11.9 Å². The van der Waals surface area contributed by atoms with Crippen LogP contribution in [-0.4, -0.2) is 56.7 Å². The van der Waals surface area contributed by atoms with Gasteiger partial charge in [0.2, 0.25) is 0 Å². The van der Waals surface area contributed by atoms with E-state index in [2.05, 4.69) is 10.2 Å². The Morgan fingerprint density at radius 2 is 1.36 bits per heavy atom. The zero-order chi connectivity index (χ0) is 17.4. The predicted octanol–water partition coefficient (Wildman–Crippen LogP) is 1.31. The maximum absolute atomic E-state index is 11.6. The van der Waals surface area contributed by atoms with E-state index in [0.717, 1.165) is 0 Å². The molecular weight excluding hydrogens is 292 g/mol. The van der Waals surface area contributed by atoms with Gasteiger partial charge < -0.3 is 20.4 Å². The molecule has 0 rings (SSSR count). The molecule has 8 nitrogen and oxygen atoms in total. The highest BCUT2D eigenvalue weighted by molar-refractivity contribution is 5.79. The number of rotatable bonds is 11. The summed E-state index contributed by atoms with van der Waals surface area (Å²) in [6.45, 7) is 3.89. The number of nitrogens with zero attached hydrogens (tertiary/aromatic N) is 2. The summed E-state index contributed by atoms with van der Waals surface area (Å²) in [5.74, 6) is -2.87. The minimum absolute atomic E-state index is 0.0803. The first kappa shape index (κ1) is 20.5. The third-order valence-electron chi connectivity index (χ3n) is 3.68. The fourth-order valence-corrected chi connectivity index (χ4v) is 1.95. The van der Waals surface area contributed by atoms with E-state index in [1.807, 2.05) is 0 Å². The smallest absolute Gasteiger partial charge is 0.333 e. The molecule has 0 aromatic rings. The molecule has 0 aliphatic heterocycles. The average molecular weight is 318 g/mol. The number of aliphatic hydroxyl groups is 2. The molecule has 128 valence electrons. The summed E-state index contributed by atoms with van der Waals surface area (Å²) in [4.78, 5) is 22.7. The third kappa shape index (κ3) is 5.69. The van der Waals surface area contributed by atoms with Gasteiger partial charge in [0.1, 0.15) is 0 Å². The van der Waals surface area contributed by atoms with Crippen molar-refractivity contribution in [1.29, 1.82) is 0 Å². The van der Waals surface area contributed by atoms with E-state index >= 15 is 0 Å². The molecule has 0 heterocycles. The molecule has 0 saturated carbocycles. The summed E-state index contributed by atoms with van der Waals surface area (Å²) < 4.78 is 0. The number of aliphatic hydroxyl groups excluding tert-OH is 2. The molecule has 0 fully saturated rings. The van der Waals surface area contributed by atoms with Crippen LogP contribution in [-0.2, 0) is 9.59 Å². The summed E-state index contributed by atoms with van der Waals surface area (Å²) in [5, 5.41) is 44.0. The van der Waals surface area contributed by atoms with Crippen molar-refractivity contribution in [3.63, 3.8) is 0 Å². The first-order valence-corrected chi connectivity index (χ1v) is 7.24. The van der Waals surface area contributed by atoms with Crippen LogP contribution < -0.4 is 0 Å². The fraction of sp³-hybridized carbons (Fsp3) is 0.857. The van der Waals surface area contributed by atoms with Crippen LogP contribution in [0.1, 0.15) is 46.5 Å². The summed E-state index contributed by atoms with van der Waals surface area (Å²) >= 11 is 0. The van der Waals surface area contributed by atoms with Crippen molar-refractivity contribution in [2.24, 2.45) is 16.1 Å². The predicted molar refractivity (Wildman–Crippen MR) is 78.7 cm³/mol. The van der Waals surface area contributed by atoms with Crippen LogP contribution in [0.15, 0.2) is 10.2 Å². The van der Waals surface area contributed by atoms with Gasteiger partial charge in [0.15, 0.2) is 11.1 Å². The zero-order valence-corrected chi connectivity index (χ0v) is 13.3. The number of azo groups is 1. The average Bonchev–Trinajstić information content (AvgIpc) is 2.44. The molecule has 4 N–H and O–H groups in total. The lowest BCUT2D eigenvalue weighted by molar-refractivity contribution is -0.146. The van der Waals surface area contributed by atoms with Crippen LogP contribution in [0.25, 0.3) is 0 Å². The van der Waals surface area contributed by atoms with Gasteiger partial charge in [0.05, 0.1) is 0 Å². The fourth-order valence-electron chi connectivity index (χ4n) is 1.95. The first-order valence-electron chi connectivity index (χ1n) is 7.24. The van der Waals surface area contributed by atoms with Crippen molar-refractivity contribution < 1.29 is 30.0 Å². The van der Waals surface area contributed by atoms with Crippen molar-refractivity contribution in [2.45, 2.75) is 57.5 Å². The molecule has 22 heavy (non-hydrogen) atoms. The molecule has 0 saturated heterocycles. The van der Waals surface area contributed by atoms with Gasteiger partial charge in [-0.1, -0.05) is 0 Å². The highest BCUT2D eigenvalue weighted by atomic mass is 16.4. The van der Waals surface area contributed by atoms with Crippen molar-refractivity contribution in [2.75, 3.05) is 13.2 Å². The zero-order valence-electron chi connectivity index (χ0n) is 13.3. The lowest BCUT2D eigenvalue weighted by atomic mass is 9.80. The molecule has 0 spiro atoms. The van der Waals surface area contributed by atoms with Gasteiger partial charge >= 0.3 is 11.9 Å². The van der Waals surface area contributed by atoms with Gasteiger partial charge in [-0.2, -0.15) is 10.2 Å². The molecule has 8 heteroatoms. The largest absolute Gasteiger partial charge is 0.479 e. The number of carboxylic acid groups (broad SMARTS) is 2. The van der Waals surface area contributed by atoms with Crippen LogP contribution >= 0.6 is 0 Å². The van der Waals surface area contributed by atoms with E-state index in [0.29, 0.717) is 25.7 Å². The van der Waals surface area contributed by atoms with Crippen molar-refractivity contribution in [1.82, 2.24) is 0 Å². The lowest BCUT2D eigenvalue weighted by Crippen LogP contribution is -2.42. The quantitative estimate of drug-likeness (QED) is 0.423. The highest BCUT2D eigenvalue weighted by Crippen LogP contribution is 2.32. The maximum atomic E-state index is 11.6. The number of aliphatic carboxylic acids is 2. The van der Waals surface area contributed by atoms with Crippen LogP contribution in [0.2, 0.25) is 0 Å². The number of hydrogen-bond acceptors (Lipinski definition) is 6. The number of carboxylic acids is 2. The molecular formula is C14H26N2O6. The molecule has 0 aromatic heterocycles. The highest BCUT2D eigenvalue weighted by Gasteiger charge is 2.42. The molecule has 1 unspecified atom stereocenters. The standard InChI is InChI=1S/C14H26N2O6/c1-13(2,11(19)20)15-16-14(3,12(21)22)10(6-4-8-17)7-5-9-18/h10,17-18H,4-9H2,1-3H3,(H,19,20)(H,21,22). The van der Waals surface area contributed by atoms with Gasteiger partial charge in [0, 0.05) is 13.2 Å². The molecule has 1 atom stereocenters. The molecule has 0 amide bonds. The van der Waals surface area contributed by atoms with Crippen molar-refractivity contribution in [3.05, 3.63) is 0 Å². The summed E-state index contributed by atoms with van der Waals surface area (Å²) in [5.41, 5.74) is -3.12. The van der Waals surface area contributed by atoms with E-state index in [1.165, 1.54) is 20.8 Å². The Morgan fingerprint density at radius 1 is 0.909 bits per heavy atom. The Hall–Kier alpha value is -1.54. The summed E-state index contributed by atoms with van der Waals surface area (Å²) in [7, 11) is 0. The van der Waals surface area contributed by atoms with Gasteiger partial charge in [-0.3, -0.25) is 0 Å². The normalized spacial score (nSPS) is 15.2. The second-order valence-corrected chi connectivity index (χ2v) is 5.95. The second kappa shape index (κ2) is 8.79. The van der Waals surface area contributed by atoms with Gasteiger partial charge in [-0.25, -0.2) is 9.59 Å². The minimum atomic E-state index is -1.60. The topological polar surface area (TPSA) is 140 Å². The molecule has 0 radical (unpaired) electrons. The SMILES string of the molecule is CC(C)(N=NC(C)(C(=O)O)C(CCCO)CCCO)C(=O)O. The van der Waals surface area contributed by atoms with Crippen LogP contribution in [0, 0.1) is 5.92 Å². The Balaban J connectivity index is 5.44. The van der Waals surface area contributed by atoms with Crippen molar-refractivity contribution in [3.8, 4) is 0 Å².